The van der Waals surface area contributed by atoms with E-state index in [-0.39, 0.29) is 29.4 Å². The molecule has 0 radical (unpaired) electrons. The van der Waals surface area contributed by atoms with E-state index in [1.54, 1.807) is 4.90 Å². The predicted molar refractivity (Wildman–Crippen MR) is 91.4 cm³/mol. The van der Waals surface area contributed by atoms with Crippen molar-refractivity contribution in [3.05, 3.63) is 0 Å². The average molecular weight is 337 g/mol. The van der Waals surface area contributed by atoms with Crippen LogP contribution in [0.3, 0.4) is 0 Å². The Morgan fingerprint density at radius 2 is 2.17 bits per heavy atom. The van der Waals surface area contributed by atoms with Gasteiger partial charge in [-0.2, -0.15) is 0 Å². The smallest absolute Gasteiger partial charge is 0.222 e. The number of carbonyl (C=O) groups excluding carboxylic acids is 2. The van der Waals surface area contributed by atoms with Crippen molar-refractivity contribution < 1.29 is 14.7 Å². The van der Waals surface area contributed by atoms with E-state index in [9.17, 15) is 14.7 Å². The normalized spacial score (nSPS) is 36.5. The summed E-state index contributed by atoms with van der Waals surface area (Å²) in [7, 11) is 0. The molecule has 1 aliphatic carbocycles. The van der Waals surface area contributed by atoms with Crippen molar-refractivity contribution in [1.29, 1.82) is 0 Å². The van der Waals surface area contributed by atoms with Gasteiger partial charge in [0.2, 0.25) is 11.8 Å². The van der Waals surface area contributed by atoms with Gasteiger partial charge >= 0.3 is 0 Å². The number of hydrogen-bond acceptors (Lipinski definition) is 4. The first-order valence-corrected chi connectivity index (χ1v) is 9.47. The highest BCUT2D eigenvalue weighted by molar-refractivity contribution is 5.80. The van der Waals surface area contributed by atoms with Gasteiger partial charge in [0.1, 0.15) is 0 Å². The largest absolute Gasteiger partial charge is 0.392 e. The molecule has 3 rings (SSSR count). The van der Waals surface area contributed by atoms with Gasteiger partial charge in [-0.15, -0.1) is 0 Å². The highest BCUT2D eigenvalue weighted by Crippen LogP contribution is 2.43. The maximum Gasteiger partial charge on any atom is 0.222 e. The van der Waals surface area contributed by atoms with Gasteiger partial charge in [0.05, 0.1) is 6.10 Å². The molecule has 0 aromatic carbocycles. The van der Waals surface area contributed by atoms with Gasteiger partial charge in [-0.25, -0.2) is 0 Å². The highest BCUT2D eigenvalue weighted by Gasteiger charge is 2.48. The van der Waals surface area contributed by atoms with Crippen LogP contribution < -0.4 is 10.6 Å². The van der Waals surface area contributed by atoms with Gasteiger partial charge in [0.15, 0.2) is 0 Å². The van der Waals surface area contributed by atoms with Gasteiger partial charge in [0, 0.05) is 50.0 Å². The van der Waals surface area contributed by atoms with Crippen molar-refractivity contribution in [2.45, 2.75) is 76.5 Å². The van der Waals surface area contributed by atoms with Crippen molar-refractivity contribution in [3.63, 3.8) is 0 Å². The molecule has 0 unspecified atom stereocenters. The van der Waals surface area contributed by atoms with Crippen LogP contribution in [0.25, 0.3) is 0 Å². The van der Waals surface area contributed by atoms with Gasteiger partial charge in [-0.1, -0.05) is 19.8 Å². The lowest BCUT2D eigenvalue weighted by Gasteiger charge is -2.33. The van der Waals surface area contributed by atoms with Gasteiger partial charge < -0.3 is 20.6 Å². The molecule has 0 aromatic rings. The maximum absolute atomic E-state index is 12.1. The molecule has 2 amide bonds. The van der Waals surface area contributed by atoms with Gasteiger partial charge in [0.25, 0.3) is 0 Å². The summed E-state index contributed by atoms with van der Waals surface area (Å²) in [4.78, 5) is 25.4. The number of aliphatic hydroxyl groups excluding tert-OH is 1. The Bertz CT molecular complexity index is 484. The molecule has 3 fully saturated rings. The lowest BCUT2D eigenvalue weighted by Crippen LogP contribution is -2.43. The standard InChI is InChI=1S/C18H31N3O3/c1-18-11-13(20-14(18)5-2-3-6-15(18)22)12-19-16(23)8-10-21-9-4-7-17(21)24/h13-15,20,22H,2-12H2,1H3,(H,19,23)/t13-,14-,15+,18-/m1/s1. The molecular weight excluding hydrogens is 306 g/mol. The second kappa shape index (κ2) is 7.40. The number of nitrogens with one attached hydrogen (secondary N) is 2. The number of rotatable bonds is 5. The SMILES string of the molecule is C[C@@]12C[C@H](CNC(=O)CCN3CCCC3=O)N[C@@H]1CCCC[C@@H]2O. The molecule has 6 heteroatoms. The Morgan fingerprint density at radius 3 is 2.92 bits per heavy atom. The second-order valence-corrected chi connectivity index (χ2v) is 7.96. The monoisotopic (exact) mass is 337 g/mol. The van der Waals surface area contributed by atoms with E-state index in [4.69, 9.17) is 0 Å². The highest BCUT2D eigenvalue weighted by atomic mass is 16.3. The number of amides is 2. The molecule has 4 atom stereocenters. The quantitative estimate of drug-likeness (QED) is 0.693. The number of likely N-dealkylation sites (tertiary alicyclic amines) is 1. The summed E-state index contributed by atoms with van der Waals surface area (Å²) in [6.07, 6.45) is 6.82. The van der Waals surface area contributed by atoms with Crippen molar-refractivity contribution in [3.8, 4) is 0 Å². The molecule has 6 nitrogen and oxygen atoms in total. The fourth-order valence-corrected chi connectivity index (χ4v) is 4.64. The summed E-state index contributed by atoms with van der Waals surface area (Å²) in [6, 6.07) is 0.573. The van der Waals surface area contributed by atoms with Crippen LogP contribution >= 0.6 is 0 Å². The molecular formula is C18H31N3O3. The van der Waals surface area contributed by atoms with Crippen LogP contribution in [0.5, 0.6) is 0 Å². The Labute approximate surface area is 144 Å². The van der Waals surface area contributed by atoms with Gasteiger partial charge in [-0.05, 0) is 25.7 Å². The summed E-state index contributed by atoms with van der Waals surface area (Å²) in [5.74, 6) is 0.177. The van der Waals surface area contributed by atoms with Crippen molar-refractivity contribution in [2.75, 3.05) is 19.6 Å². The molecule has 0 bridgehead atoms. The zero-order valence-corrected chi connectivity index (χ0v) is 14.7. The number of hydrogen-bond donors (Lipinski definition) is 3. The molecule has 136 valence electrons. The van der Waals surface area contributed by atoms with Crippen LogP contribution in [-0.4, -0.2) is 59.6 Å². The van der Waals surface area contributed by atoms with E-state index < -0.39 is 0 Å². The third-order valence-electron chi connectivity index (χ3n) is 6.23. The minimum atomic E-state index is -0.251. The third kappa shape index (κ3) is 3.75. The first kappa shape index (κ1) is 17.7. The van der Waals surface area contributed by atoms with E-state index in [1.165, 1.54) is 0 Å². The lowest BCUT2D eigenvalue weighted by molar-refractivity contribution is -0.128. The number of fused-ring (bicyclic) bond motifs is 1. The maximum atomic E-state index is 12.1. The van der Waals surface area contributed by atoms with E-state index in [1.807, 2.05) is 0 Å². The van der Waals surface area contributed by atoms with Crippen molar-refractivity contribution in [1.82, 2.24) is 15.5 Å². The predicted octanol–water partition coefficient (Wildman–Crippen LogP) is 0.787. The van der Waals surface area contributed by atoms with E-state index in [0.717, 1.165) is 45.1 Å². The second-order valence-electron chi connectivity index (χ2n) is 7.96. The summed E-state index contributed by atoms with van der Waals surface area (Å²) < 4.78 is 0. The molecule has 2 heterocycles. The van der Waals surface area contributed by atoms with E-state index in [2.05, 4.69) is 17.6 Å². The molecule has 1 saturated carbocycles. The Balaban J connectivity index is 1.42. The Hall–Kier alpha value is -1.14. The van der Waals surface area contributed by atoms with E-state index >= 15 is 0 Å². The molecule has 3 N–H and O–H groups in total. The van der Waals surface area contributed by atoms with E-state index in [0.29, 0.717) is 32.0 Å². The first-order chi connectivity index (χ1) is 11.5. The number of carbonyl (C=O) groups is 2. The Morgan fingerprint density at radius 1 is 1.38 bits per heavy atom. The zero-order chi connectivity index (χ0) is 17.2. The average Bonchev–Trinajstić information content (AvgIpc) is 3.08. The molecule has 0 aromatic heterocycles. The summed E-state index contributed by atoms with van der Waals surface area (Å²) in [5.41, 5.74) is -0.0755. The minimum absolute atomic E-state index is 0.00861. The number of nitrogens with zero attached hydrogens (tertiary/aromatic N) is 1. The van der Waals surface area contributed by atoms with Crippen LogP contribution in [0.15, 0.2) is 0 Å². The van der Waals surface area contributed by atoms with Crippen LogP contribution in [0.2, 0.25) is 0 Å². The van der Waals surface area contributed by atoms with Crippen molar-refractivity contribution >= 4 is 11.8 Å². The molecule has 0 spiro atoms. The lowest BCUT2D eigenvalue weighted by atomic mass is 9.75. The van der Waals surface area contributed by atoms with Crippen LogP contribution in [0.1, 0.15) is 58.3 Å². The molecule has 2 saturated heterocycles. The molecule has 24 heavy (non-hydrogen) atoms. The molecule has 2 aliphatic heterocycles. The fourth-order valence-electron chi connectivity index (χ4n) is 4.64. The summed E-state index contributed by atoms with van der Waals surface area (Å²) in [5, 5.41) is 17.1. The van der Waals surface area contributed by atoms with Crippen LogP contribution in [0, 0.1) is 5.41 Å². The van der Waals surface area contributed by atoms with Crippen LogP contribution in [-0.2, 0) is 9.59 Å². The fraction of sp³-hybridized carbons (Fsp3) is 0.889. The van der Waals surface area contributed by atoms with Gasteiger partial charge in [-0.3, -0.25) is 9.59 Å². The topological polar surface area (TPSA) is 81.7 Å². The van der Waals surface area contributed by atoms with Crippen molar-refractivity contribution in [2.24, 2.45) is 5.41 Å². The third-order valence-corrected chi connectivity index (χ3v) is 6.23. The minimum Gasteiger partial charge on any atom is -0.392 e. The summed E-state index contributed by atoms with van der Waals surface area (Å²) >= 11 is 0. The molecule has 3 aliphatic rings. The van der Waals surface area contributed by atoms with Crippen LogP contribution in [0.4, 0.5) is 0 Å². The zero-order valence-electron chi connectivity index (χ0n) is 14.7. The summed E-state index contributed by atoms with van der Waals surface area (Å²) in [6.45, 7) is 4.10. The Kier molecular flexibility index (Phi) is 5.45. The number of aliphatic hydroxyl groups is 1. The first-order valence-electron chi connectivity index (χ1n) is 9.47.